The van der Waals surface area contributed by atoms with Crippen molar-refractivity contribution in [3.05, 3.63) is 35.9 Å². The van der Waals surface area contributed by atoms with Gasteiger partial charge in [-0.25, -0.2) is 0 Å². The molecule has 1 aliphatic carbocycles. The Kier molecular flexibility index (Phi) is 1.38. The molecule has 3 rings (SSSR count). The highest BCUT2D eigenvalue weighted by molar-refractivity contribution is 6.19. The van der Waals surface area contributed by atoms with Crippen LogP contribution in [0.3, 0.4) is 0 Å². The first-order valence-electron chi connectivity index (χ1n) is 4.89. The Morgan fingerprint density at radius 1 is 1.07 bits per heavy atom. The molecule has 0 aliphatic heterocycles. The van der Waals surface area contributed by atoms with Crippen LogP contribution in [0.5, 0.6) is 0 Å². The van der Waals surface area contributed by atoms with Gasteiger partial charge in [-0.15, -0.1) is 0 Å². The van der Waals surface area contributed by atoms with Crippen molar-refractivity contribution < 1.29 is 4.79 Å². The van der Waals surface area contributed by atoms with E-state index in [2.05, 4.69) is 9.97 Å². The van der Waals surface area contributed by atoms with Gasteiger partial charge in [0.15, 0.2) is 5.78 Å². The summed E-state index contributed by atoms with van der Waals surface area (Å²) in [6.45, 7) is 3.87. The van der Waals surface area contributed by atoms with Gasteiger partial charge in [0.1, 0.15) is 0 Å². The quantitative estimate of drug-likeness (QED) is 0.651. The topological polar surface area (TPSA) is 42.9 Å². The third-order valence-corrected chi connectivity index (χ3v) is 3.15. The van der Waals surface area contributed by atoms with Gasteiger partial charge in [-0.1, -0.05) is 0 Å². The lowest BCUT2D eigenvalue weighted by molar-refractivity contribution is 0.0919. The maximum Gasteiger partial charge on any atom is 0.175 e. The van der Waals surface area contributed by atoms with Crippen LogP contribution in [0.1, 0.15) is 29.8 Å². The molecule has 3 nitrogen and oxygen atoms in total. The molecule has 0 aromatic carbocycles. The predicted molar refractivity (Wildman–Crippen MR) is 56.9 cm³/mol. The molecular weight excluding hydrogens is 188 g/mol. The van der Waals surface area contributed by atoms with Crippen molar-refractivity contribution in [2.45, 2.75) is 19.3 Å². The van der Waals surface area contributed by atoms with Crippen molar-refractivity contribution in [3.8, 4) is 0 Å². The van der Waals surface area contributed by atoms with Crippen molar-refractivity contribution in [1.29, 1.82) is 0 Å². The average Bonchev–Trinajstić information content (AvgIpc) is 2.43. The molecule has 0 saturated heterocycles. The number of nitrogens with zero attached hydrogens (tertiary/aromatic N) is 2. The molecule has 0 spiro atoms. The van der Waals surface area contributed by atoms with Crippen LogP contribution in [0, 0.1) is 0 Å². The molecule has 0 fully saturated rings. The van der Waals surface area contributed by atoms with E-state index in [-0.39, 0.29) is 5.78 Å². The molecule has 0 N–H and O–H groups in total. The van der Waals surface area contributed by atoms with Crippen molar-refractivity contribution in [1.82, 2.24) is 9.97 Å². The number of ketones is 1. The molecule has 2 aromatic rings. The van der Waals surface area contributed by atoms with Crippen molar-refractivity contribution in [2.75, 3.05) is 0 Å². The summed E-state index contributed by atoms with van der Waals surface area (Å²) in [5, 5.41) is 1.97. The summed E-state index contributed by atoms with van der Waals surface area (Å²) in [4.78, 5) is 20.4. The largest absolute Gasteiger partial charge is 0.293 e. The number of carbonyl (C=O) groups excluding carboxylic acids is 1. The van der Waals surface area contributed by atoms with Crippen LogP contribution in [0.15, 0.2) is 24.8 Å². The summed E-state index contributed by atoms with van der Waals surface area (Å²) in [7, 11) is 0. The van der Waals surface area contributed by atoms with Crippen molar-refractivity contribution in [2.24, 2.45) is 0 Å². The van der Waals surface area contributed by atoms with Gasteiger partial charge in [0, 0.05) is 41.1 Å². The van der Waals surface area contributed by atoms with Crippen LogP contribution in [0.2, 0.25) is 0 Å². The molecule has 74 valence electrons. The highest BCUT2D eigenvalue weighted by Crippen LogP contribution is 2.40. The summed E-state index contributed by atoms with van der Waals surface area (Å²) >= 11 is 0. The van der Waals surface area contributed by atoms with Gasteiger partial charge < -0.3 is 0 Å². The van der Waals surface area contributed by atoms with Crippen LogP contribution in [0.25, 0.3) is 10.8 Å². The maximum absolute atomic E-state index is 12.1. The highest BCUT2D eigenvalue weighted by Gasteiger charge is 2.39. The van der Waals surface area contributed by atoms with E-state index in [0.717, 1.165) is 21.9 Å². The Balaban J connectivity index is 2.56. The third kappa shape index (κ3) is 0.876. The van der Waals surface area contributed by atoms with E-state index in [1.165, 1.54) is 0 Å². The third-order valence-electron chi connectivity index (χ3n) is 3.15. The molecule has 2 heterocycles. The Morgan fingerprint density at radius 3 is 2.47 bits per heavy atom. The molecular formula is C12H10N2O. The number of carbonyl (C=O) groups is 1. The van der Waals surface area contributed by atoms with Crippen molar-refractivity contribution >= 4 is 16.6 Å². The van der Waals surface area contributed by atoms with Gasteiger partial charge in [0.25, 0.3) is 0 Å². The molecule has 0 saturated carbocycles. The SMILES string of the molecule is CC1(C)C(=O)c2cncc3cncc1c23. The van der Waals surface area contributed by atoms with E-state index in [9.17, 15) is 4.79 Å². The van der Waals surface area contributed by atoms with Crippen LogP contribution < -0.4 is 0 Å². The molecule has 0 atom stereocenters. The molecule has 15 heavy (non-hydrogen) atoms. The summed E-state index contributed by atoms with van der Waals surface area (Å²) in [5.41, 5.74) is 1.29. The molecule has 0 unspecified atom stereocenters. The van der Waals surface area contributed by atoms with Gasteiger partial charge in [-0.2, -0.15) is 0 Å². The lowest BCUT2D eigenvalue weighted by atomic mass is 9.85. The van der Waals surface area contributed by atoms with E-state index in [1.54, 1.807) is 24.8 Å². The summed E-state index contributed by atoms with van der Waals surface area (Å²) in [6.07, 6.45) is 6.95. The number of hydrogen-bond donors (Lipinski definition) is 0. The fourth-order valence-electron chi connectivity index (χ4n) is 2.24. The first-order chi connectivity index (χ1) is 7.12. The van der Waals surface area contributed by atoms with Crippen LogP contribution in [-0.4, -0.2) is 15.8 Å². The Morgan fingerprint density at radius 2 is 1.73 bits per heavy atom. The van der Waals surface area contributed by atoms with E-state index in [1.807, 2.05) is 13.8 Å². The standard InChI is InChI=1S/C12H10N2O/c1-12(2)9-6-14-4-7-3-13-5-8(10(7)9)11(12)15/h3-6H,1-2H3. The van der Waals surface area contributed by atoms with Crippen molar-refractivity contribution in [3.63, 3.8) is 0 Å². The number of Topliss-reactive ketones (excluding diaryl/α,β-unsaturated/α-hetero) is 1. The average molecular weight is 198 g/mol. The normalized spacial score (nSPS) is 17.3. The van der Waals surface area contributed by atoms with Gasteiger partial charge in [-0.05, 0) is 19.4 Å². The van der Waals surface area contributed by atoms with Crippen LogP contribution >= 0.6 is 0 Å². The van der Waals surface area contributed by atoms with E-state index < -0.39 is 5.41 Å². The second kappa shape index (κ2) is 2.42. The lowest BCUT2D eigenvalue weighted by Crippen LogP contribution is -2.23. The molecule has 0 bridgehead atoms. The lowest BCUT2D eigenvalue weighted by Gasteiger charge is -2.16. The fraction of sp³-hybridized carbons (Fsp3) is 0.250. The van der Waals surface area contributed by atoms with E-state index in [0.29, 0.717) is 0 Å². The minimum atomic E-state index is -0.460. The Hall–Kier alpha value is -1.77. The zero-order chi connectivity index (χ0) is 10.6. The fourth-order valence-corrected chi connectivity index (χ4v) is 2.24. The predicted octanol–water partition coefficient (Wildman–Crippen LogP) is 2.10. The molecule has 2 aromatic heterocycles. The minimum Gasteiger partial charge on any atom is -0.293 e. The highest BCUT2D eigenvalue weighted by atomic mass is 16.1. The first kappa shape index (κ1) is 8.53. The first-order valence-corrected chi connectivity index (χ1v) is 4.89. The summed E-state index contributed by atoms with van der Waals surface area (Å²) in [5.74, 6) is 0.142. The Labute approximate surface area is 87.2 Å². The van der Waals surface area contributed by atoms with Gasteiger partial charge in [0.05, 0.1) is 5.41 Å². The Bertz CT molecular complexity index is 582. The molecule has 0 radical (unpaired) electrons. The maximum atomic E-state index is 12.1. The number of pyridine rings is 2. The zero-order valence-electron chi connectivity index (χ0n) is 8.61. The zero-order valence-corrected chi connectivity index (χ0v) is 8.61. The van der Waals surface area contributed by atoms with Crippen LogP contribution in [-0.2, 0) is 5.41 Å². The molecule has 3 heteroatoms. The van der Waals surface area contributed by atoms with Gasteiger partial charge in [-0.3, -0.25) is 14.8 Å². The second-order valence-electron chi connectivity index (χ2n) is 4.43. The smallest absolute Gasteiger partial charge is 0.175 e. The van der Waals surface area contributed by atoms with E-state index in [4.69, 9.17) is 0 Å². The molecule has 0 amide bonds. The van der Waals surface area contributed by atoms with Crippen LogP contribution in [0.4, 0.5) is 0 Å². The number of aromatic nitrogens is 2. The second-order valence-corrected chi connectivity index (χ2v) is 4.43. The summed E-state index contributed by atoms with van der Waals surface area (Å²) < 4.78 is 0. The van der Waals surface area contributed by atoms with Gasteiger partial charge in [0.2, 0.25) is 0 Å². The summed E-state index contributed by atoms with van der Waals surface area (Å²) in [6, 6.07) is 0. The van der Waals surface area contributed by atoms with E-state index >= 15 is 0 Å². The number of rotatable bonds is 0. The molecule has 1 aliphatic rings. The monoisotopic (exact) mass is 198 g/mol. The number of hydrogen-bond acceptors (Lipinski definition) is 3. The minimum absolute atomic E-state index is 0.142. The van der Waals surface area contributed by atoms with Gasteiger partial charge >= 0.3 is 0 Å².